The Bertz CT molecular complexity index is 1340. The Labute approximate surface area is 197 Å². The number of rotatable bonds is 6. The molecule has 1 aliphatic rings. The molecule has 0 radical (unpaired) electrons. The van der Waals surface area contributed by atoms with Crippen LogP contribution in [0.2, 0.25) is 0 Å². The highest BCUT2D eigenvalue weighted by atomic mass is 32.1. The van der Waals surface area contributed by atoms with Gasteiger partial charge in [-0.1, -0.05) is 12.1 Å². The van der Waals surface area contributed by atoms with Gasteiger partial charge in [0.2, 0.25) is 0 Å². The van der Waals surface area contributed by atoms with Crippen LogP contribution in [0.25, 0.3) is 21.5 Å². The number of alkyl halides is 3. The summed E-state index contributed by atoms with van der Waals surface area (Å²) in [6, 6.07) is 10.7. The second kappa shape index (κ2) is 8.79. The number of aryl methyl sites for hydroxylation is 1. The predicted molar refractivity (Wildman–Crippen MR) is 123 cm³/mol. The number of aliphatic carboxylic acids is 1. The van der Waals surface area contributed by atoms with Gasteiger partial charge in [0, 0.05) is 33.5 Å². The van der Waals surface area contributed by atoms with Crippen LogP contribution < -0.4 is 4.74 Å². The van der Waals surface area contributed by atoms with Crippen LogP contribution >= 0.6 is 11.3 Å². The predicted octanol–water partition coefficient (Wildman–Crippen LogP) is 6.44. The van der Waals surface area contributed by atoms with Gasteiger partial charge in [0.15, 0.2) is 0 Å². The average Bonchev–Trinajstić information content (AvgIpc) is 3.41. The summed E-state index contributed by atoms with van der Waals surface area (Å²) in [6.45, 7) is 0.424. The molecule has 4 aromatic rings. The molecule has 1 unspecified atom stereocenters. The number of carbonyl (C=O) groups is 1. The standard InChI is InChI=1S/C25H21F3N2O3S/c26-25(27,28)17-6-4-14(5-7-17)24-30-23-15(2-1-3-21(23)34-24)13-33-18-8-9-20-19(11-18)16(12-29-20)10-22(31)32/h4-9,11-12,15,29H,1-3,10,13H2,(H,31,32). The van der Waals surface area contributed by atoms with Crippen molar-refractivity contribution in [1.29, 1.82) is 0 Å². The number of halogens is 3. The molecule has 0 fully saturated rings. The number of ether oxygens (including phenoxy) is 1. The maximum absolute atomic E-state index is 12.9. The van der Waals surface area contributed by atoms with Crippen molar-refractivity contribution in [3.8, 4) is 16.3 Å². The van der Waals surface area contributed by atoms with Crippen molar-refractivity contribution in [3.05, 3.63) is 70.4 Å². The van der Waals surface area contributed by atoms with Gasteiger partial charge < -0.3 is 14.8 Å². The minimum absolute atomic E-state index is 0.0685. The smallest absolute Gasteiger partial charge is 0.416 e. The lowest BCUT2D eigenvalue weighted by molar-refractivity contribution is -0.138. The molecule has 0 amide bonds. The Morgan fingerprint density at radius 1 is 1.21 bits per heavy atom. The second-order valence-electron chi connectivity index (χ2n) is 8.39. The number of nitrogens with one attached hydrogen (secondary N) is 1. The lowest BCUT2D eigenvalue weighted by Gasteiger charge is -2.21. The van der Waals surface area contributed by atoms with E-state index >= 15 is 0 Å². The quantitative estimate of drug-likeness (QED) is 0.329. The topological polar surface area (TPSA) is 75.2 Å². The van der Waals surface area contributed by atoms with Crippen molar-refractivity contribution in [1.82, 2.24) is 9.97 Å². The monoisotopic (exact) mass is 486 g/mol. The van der Waals surface area contributed by atoms with Gasteiger partial charge in [-0.05, 0) is 55.2 Å². The zero-order valence-electron chi connectivity index (χ0n) is 18.0. The number of carboxylic acid groups (broad SMARTS) is 1. The third kappa shape index (κ3) is 4.52. The van der Waals surface area contributed by atoms with Crippen LogP contribution in [0.1, 0.15) is 40.5 Å². The fourth-order valence-electron chi connectivity index (χ4n) is 4.35. The minimum Gasteiger partial charge on any atom is -0.493 e. The van der Waals surface area contributed by atoms with Gasteiger partial charge in [-0.15, -0.1) is 11.3 Å². The number of H-pyrrole nitrogens is 1. The Morgan fingerprint density at radius 2 is 2.00 bits per heavy atom. The van der Waals surface area contributed by atoms with Gasteiger partial charge >= 0.3 is 12.1 Å². The first-order valence-corrected chi connectivity index (χ1v) is 11.7. The highest BCUT2D eigenvalue weighted by Gasteiger charge is 2.30. The number of carboxylic acids is 1. The molecule has 2 aromatic carbocycles. The van der Waals surface area contributed by atoms with E-state index in [4.69, 9.17) is 14.8 Å². The van der Waals surface area contributed by atoms with Crippen LogP contribution in [0.5, 0.6) is 5.75 Å². The van der Waals surface area contributed by atoms with E-state index in [0.717, 1.165) is 57.9 Å². The molecule has 0 aliphatic heterocycles. The number of nitrogens with zero attached hydrogens (tertiary/aromatic N) is 1. The summed E-state index contributed by atoms with van der Waals surface area (Å²) in [7, 11) is 0. The van der Waals surface area contributed by atoms with Crippen LogP contribution in [-0.2, 0) is 23.8 Å². The van der Waals surface area contributed by atoms with E-state index in [2.05, 4.69) is 4.98 Å². The third-order valence-electron chi connectivity index (χ3n) is 6.06. The van der Waals surface area contributed by atoms with Crippen molar-refractivity contribution in [2.75, 3.05) is 6.61 Å². The fraction of sp³-hybridized carbons (Fsp3) is 0.280. The first-order valence-electron chi connectivity index (χ1n) is 10.9. The van der Waals surface area contributed by atoms with E-state index in [1.807, 2.05) is 18.2 Å². The average molecular weight is 487 g/mol. The molecule has 2 aromatic heterocycles. The summed E-state index contributed by atoms with van der Waals surface area (Å²) in [5.41, 5.74) is 2.52. The maximum Gasteiger partial charge on any atom is 0.416 e. The van der Waals surface area contributed by atoms with E-state index in [1.54, 1.807) is 6.20 Å². The lowest BCUT2D eigenvalue weighted by Crippen LogP contribution is -2.16. The molecule has 0 saturated carbocycles. The van der Waals surface area contributed by atoms with Gasteiger partial charge in [-0.3, -0.25) is 4.79 Å². The van der Waals surface area contributed by atoms with E-state index in [-0.39, 0.29) is 12.3 Å². The molecule has 1 aliphatic carbocycles. The van der Waals surface area contributed by atoms with E-state index in [9.17, 15) is 18.0 Å². The summed E-state index contributed by atoms with van der Waals surface area (Å²) in [5, 5.41) is 10.7. The van der Waals surface area contributed by atoms with Crippen molar-refractivity contribution in [3.63, 3.8) is 0 Å². The van der Waals surface area contributed by atoms with Gasteiger partial charge in [0.1, 0.15) is 10.8 Å². The van der Waals surface area contributed by atoms with Gasteiger partial charge in [-0.25, -0.2) is 4.98 Å². The number of thiazole rings is 1. The molecular formula is C25H21F3N2O3S. The second-order valence-corrected chi connectivity index (χ2v) is 9.48. The summed E-state index contributed by atoms with van der Waals surface area (Å²) in [4.78, 5) is 20.1. The molecule has 2 heterocycles. The lowest BCUT2D eigenvalue weighted by atomic mass is 9.92. The number of hydrogen-bond acceptors (Lipinski definition) is 4. The number of aromatic nitrogens is 2. The van der Waals surface area contributed by atoms with Crippen molar-refractivity contribution >= 4 is 28.2 Å². The van der Waals surface area contributed by atoms with Crippen molar-refractivity contribution < 1.29 is 27.8 Å². The van der Waals surface area contributed by atoms with Crippen LogP contribution in [0.3, 0.4) is 0 Å². The number of hydrogen-bond donors (Lipinski definition) is 2. The molecule has 9 heteroatoms. The molecule has 1 atom stereocenters. The minimum atomic E-state index is -4.36. The van der Waals surface area contributed by atoms with E-state index in [1.165, 1.54) is 23.5 Å². The molecule has 5 nitrogen and oxygen atoms in total. The van der Waals surface area contributed by atoms with E-state index in [0.29, 0.717) is 23.5 Å². The summed E-state index contributed by atoms with van der Waals surface area (Å²) in [5.74, 6) is -0.151. The Balaban J connectivity index is 1.33. The maximum atomic E-state index is 12.9. The van der Waals surface area contributed by atoms with Gasteiger partial charge in [0.25, 0.3) is 0 Å². The molecular weight excluding hydrogens is 465 g/mol. The summed E-state index contributed by atoms with van der Waals surface area (Å²) >= 11 is 1.53. The molecule has 0 spiro atoms. The van der Waals surface area contributed by atoms with Crippen LogP contribution in [0.15, 0.2) is 48.7 Å². The van der Waals surface area contributed by atoms with Gasteiger partial charge in [-0.2, -0.15) is 13.2 Å². The highest BCUT2D eigenvalue weighted by Crippen LogP contribution is 2.39. The molecule has 5 rings (SSSR count). The molecule has 0 bridgehead atoms. The molecule has 176 valence electrons. The Morgan fingerprint density at radius 3 is 2.74 bits per heavy atom. The van der Waals surface area contributed by atoms with E-state index < -0.39 is 17.7 Å². The first-order chi connectivity index (χ1) is 16.3. The molecule has 34 heavy (non-hydrogen) atoms. The number of fused-ring (bicyclic) bond motifs is 2. The summed E-state index contributed by atoms with van der Waals surface area (Å²) < 4.78 is 44.7. The van der Waals surface area contributed by atoms with Crippen LogP contribution in [-0.4, -0.2) is 27.7 Å². The normalized spacial score (nSPS) is 15.9. The SMILES string of the molecule is O=C(O)Cc1c[nH]c2ccc(OCC3CCCc4sc(-c5ccc(C(F)(F)F)cc5)nc43)cc12. The van der Waals surface area contributed by atoms with Crippen molar-refractivity contribution in [2.24, 2.45) is 0 Å². The third-order valence-corrected chi connectivity index (χ3v) is 7.24. The Hall–Kier alpha value is -3.33. The number of aromatic amines is 1. The van der Waals surface area contributed by atoms with Crippen molar-refractivity contribution in [2.45, 2.75) is 37.8 Å². The van der Waals surface area contributed by atoms with Gasteiger partial charge in [0.05, 0.1) is 24.3 Å². The fourth-order valence-corrected chi connectivity index (χ4v) is 5.54. The van der Waals surface area contributed by atoms with Crippen LogP contribution in [0, 0.1) is 0 Å². The Kier molecular flexibility index (Phi) is 5.81. The zero-order valence-corrected chi connectivity index (χ0v) is 18.8. The summed E-state index contributed by atoms with van der Waals surface area (Å²) in [6.07, 6.45) is 0.0863. The molecule has 2 N–H and O–H groups in total. The first kappa shape index (κ1) is 22.5. The number of benzene rings is 2. The van der Waals surface area contributed by atoms with Crippen LogP contribution in [0.4, 0.5) is 13.2 Å². The largest absolute Gasteiger partial charge is 0.493 e. The molecule has 0 saturated heterocycles. The highest BCUT2D eigenvalue weighted by molar-refractivity contribution is 7.15. The zero-order chi connectivity index (χ0) is 23.9.